The first kappa shape index (κ1) is 22.3. The second-order valence-electron chi connectivity index (χ2n) is 8.99. The van der Waals surface area contributed by atoms with Crippen molar-refractivity contribution in [1.82, 2.24) is 9.97 Å². The van der Waals surface area contributed by atoms with Crippen LogP contribution in [0, 0.1) is 11.2 Å². The lowest BCUT2D eigenvalue weighted by atomic mass is 9.83. The monoisotopic (exact) mass is 461 g/mol. The first-order valence-electron chi connectivity index (χ1n) is 11.7. The molecule has 2 heterocycles. The molecule has 2 aliphatic rings. The van der Waals surface area contributed by atoms with Crippen LogP contribution in [0.5, 0.6) is 5.75 Å². The number of benzene rings is 2. The Balaban J connectivity index is 1.48. The fraction of sp³-hybridized carbons (Fsp3) is 0.346. The molecule has 0 spiro atoms. The number of aromatic nitrogens is 2. The van der Waals surface area contributed by atoms with Crippen molar-refractivity contribution in [3.63, 3.8) is 0 Å². The number of hydrogen-bond donors (Lipinski definition) is 4. The van der Waals surface area contributed by atoms with Gasteiger partial charge < -0.3 is 20.9 Å². The number of nitrogens with zero attached hydrogens (tertiary/aromatic N) is 2. The lowest BCUT2D eigenvalue weighted by Gasteiger charge is -2.30. The average molecular weight is 462 g/mol. The molecule has 5 rings (SSSR count). The van der Waals surface area contributed by atoms with E-state index >= 15 is 0 Å². The summed E-state index contributed by atoms with van der Waals surface area (Å²) in [6, 6.07) is 10.3. The molecule has 1 aromatic heterocycles. The first-order chi connectivity index (χ1) is 16.5. The molecule has 0 saturated carbocycles. The maximum atomic E-state index is 13.9. The Bertz CT molecular complexity index is 1210. The molecule has 1 aliphatic heterocycles. The van der Waals surface area contributed by atoms with Crippen LogP contribution in [-0.4, -0.2) is 34.0 Å². The summed E-state index contributed by atoms with van der Waals surface area (Å²) >= 11 is 0. The van der Waals surface area contributed by atoms with Crippen LogP contribution in [0.25, 0.3) is 0 Å². The van der Waals surface area contributed by atoms with E-state index in [1.807, 2.05) is 0 Å². The lowest BCUT2D eigenvalue weighted by Crippen LogP contribution is -2.22. The zero-order chi connectivity index (χ0) is 23.7. The van der Waals surface area contributed by atoms with Crippen molar-refractivity contribution in [2.45, 2.75) is 44.1 Å². The number of aryl methyl sites for hydroxylation is 1. The van der Waals surface area contributed by atoms with Crippen molar-refractivity contribution >= 4 is 17.3 Å². The number of aromatic hydroxyl groups is 1. The van der Waals surface area contributed by atoms with Crippen molar-refractivity contribution in [3.05, 3.63) is 76.4 Å². The number of fused-ring (bicyclic) bond motifs is 1. The Morgan fingerprint density at radius 2 is 1.94 bits per heavy atom. The molecule has 1 atom stereocenters. The van der Waals surface area contributed by atoms with E-state index in [0.29, 0.717) is 17.3 Å². The summed E-state index contributed by atoms with van der Waals surface area (Å²) in [5.74, 6) is 0.160. The molecule has 0 radical (unpaired) electrons. The van der Waals surface area contributed by atoms with E-state index in [4.69, 9.17) is 15.9 Å². The molecule has 3 aromatic rings. The van der Waals surface area contributed by atoms with E-state index in [1.54, 1.807) is 0 Å². The number of hydrogen-bond acceptors (Lipinski definition) is 7. The third kappa shape index (κ3) is 4.46. The fourth-order valence-electron chi connectivity index (χ4n) is 5.04. The van der Waals surface area contributed by atoms with E-state index in [9.17, 15) is 9.50 Å². The summed E-state index contributed by atoms with van der Waals surface area (Å²) in [7, 11) is 0. The number of phenolic OH excluding ortho intramolecular Hbond substituents is 1. The van der Waals surface area contributed by atoms with Crippen molar-refractivity contribution in [2.75, 3.05) is 24.3 Å². The first-order valence-corrected chi connectivity index (χ1v) is 11.7. The summed E-state index contributed by atoms with van der Waals surface area (Å²) in [4.78, 5) is 8.46. The molecule has 2 aromatic carbocycles. The molecule has 1 fully saturated rings. The maximum absolute atomic E-state index is 13.9. The summed E-state index contributed by atoms with van der Waals surface area (Å²) in [5.41, 5.74) is 10.5. The normalized spacial score (nSPS) is 18.3. The summed E-state index contributed by atoms with van der Waals surface area (Å²) < 4.78 is 19.4. The number of halogens is 1. The second-order valence-corrected chi connectivity index (χ2v) is 8.99. The molecule has 1 saturated heterocycles. The van der Waals surface area contributed by atoms with E-state index in [-0.39, 0.29) is 28.9 Å². The SMILES string of the molecule is N=C(c1cc(O)cc(F)c1)c1c(N)ncnc1NC1CCCc2ccc(C3CCOCC3)cc21. The van der Waals surface area contributed by atoms with Crippen LogP contribution in [0.1, 0.15) is 65.5 Å². The minimum Gasteiger partial charge on any atom is -0.508 e. The van der Waals surface area contributed by atoms with Crippen LogP contribution in [0.4, 0.5) is 16.0 Å². The summed E-state index contributed by atoms with van der Waals surface area (Å²) in [6.45, 7) is 1.59. The topological polar surface area (TPSA) is 117 Å². The van der Waals surface area contributed by atoms with Gasteiger partial charge in [-0.2, -0.15) is 0 Å². The fourth-order valence-corrected chi connectivity index (χ4v) is 5.04. The van der Waals surface area contributed by atoms with Crippen LogP contribution < -0.4 is 11.1 Å². The minimum atomic E-state index is -0.633. The molecule has 176 valence electrons. The Morgan fingerprint density at radius 3 is 2.74 bits per heavy atom. The quantitative estimate of drug-likeness (QED) is 0.409. The number of nitrogen functional groups attached to an aromatic ring is 1. The van der Waals surface area contributed by atoms with Crippen LogP contribution in [0.15, 0.2) is 42.7 Å². The molecule has 8 heteroatoms. The smallest absolute Gasteiger partial charge is 0.141 e. The molecule has 0 amide bonds. The highest BCUT2D eigenvalue weighted by Crippen LogP contribution is 2.37. The molecular formula is C26H28FN5O2. The Morgan fingerprint density at radius 1 is 1.12 bits per heavy atom. The molecule has 7 nitrogen and oxygen atoms in total. The number of ether oxygens (including phenoxy) is 1. The van der Waals surface area contributed by atoms with Gasteiger partial charge in [0.15, 0.2) is 0 Å². The van der Waals surface area contributed by atoms with Gasteiger partial charge in [0.1, 0.15) is 29.5 Å². The second kappa shape index (κ2) is 9.38. The van der Waals surface area contributed by atoms with E-state index < -0.39 is 5.82 Å². The lowest BCUT2D eigenvalue weighted by molar-refractivity contribution is 0.0853. The van der Waals surface area contributed by atoms with Gasteiger partial charge in [0.2, 0.25) is 0 Å². The van der Waals surface area contributed by atoms with E-state index in [2.05, 4.69) is 33.5 Å². The molecule has 1 unspecified atom stereocenters. The number of nitrogens with two attached hydrogens (primary N) is 1. The standard InChI is InChI=1S/C26H28FN5O2/c27-19-10-18(11-20(33)13-19)24(28)23-25(29)30-14-31-26(23)32-22-3-1-2-16-4-5-17(12-21(16)22)15-6-8-34-9-7-15/h4-5,10-15,22,28,33H,1-3,6-9H2,(H3,29,30,31,32). The van der Waals surface area contributed by atoms with E-state index in [1.165, 1.54) is 35.2 Å². The molecule has 1 aliphatic carbocycles. The van der Waals surface area contributed by atoms with Gasteiger partial charge in [-0.25, -0.2) is 14.4 Å². The Labute approximate surface area is 197 Å². The van der Waals surface area contributed by atoms with Gasteiger partial charge in [-0.05, 0) is 66.8 Å². The van der Waals surface area contributed by atoms with Crippen LogP contribution in [0.3, 0.4) is 0 Å². The van der Waals surface area contributed by atoms with Crippen molar-refractivity contribution < 1.29 is 14.2 Å². The van der Waals surface area contributed by atoms with Crippen LogP contribution in [0.2, 0.25) is 0 Å². The number of phenols is 1. The van der Waals surface area contributed by atoms with Gasteiger partial charge in [-0.3, -0.25) is 5.41 Å². The van der Waals surface area contributed by atoms with Gasteiger partial charge >= 0.3 is 0 Å². The predicted molar refractivity (Wildman–Crippen MR) is 129 cm³/mol. The van der Waals surface area contributed by atoms with Crippen LogP contribution >= 0.6 is 0 Å². The van der Waals surface area contributed by atoms with E-state index in [0.717, 1.165) is 51.4 Å². The summed E-state index contributed by atoms with van der Waals surface area (Å²) in [6.07, 6.45) is 6.40. The zero-order valence-corrected chi connectivity index (χ0v) is 18.9. The zero-order valence-electron chi connectivity index (χ0n) is 18.9. The Hall–Kier alpha value is -3.52. The van der Waals surface area contributed by atoms with Crippen molar-refractivity contribution in [3.8, 4) is 5.75 Å². The van der Waals surface area contributed by atoms with Crippen molar-refractivity contribution in [1.29, 1.82) is 5.41 Å². The van der Waals surface area contributed by atoms with Gasteiger partial charge in [-0.1, -0.05) is 18.2 Å². The van der Waals surface area contributed by atoms with Crippen LogP contribution in [-0.2, 0) is 11.2 Å². The van der Waals surface area contributed by atoms with Gasteiger partial charge in [0.05, 0.1) is 17.3 Å². The largest absolute Gasteiger partial charge is 0.508 e. The molecule has 34 heavy (non-hydrogen) atoms. The molecule has 5 N–H and O–H groups in total. The van der Waals surface area contributed by atoms with Crippen molar-refractivity contribution in [2.24, 2.45) is 0 Å². The number of anilines is 2. The average Bonchev–Trinajstić information content (AvgIpc) is 2.84. The number of nitrogens with one attached hydrogen (secondary N) is 2. The third-order valence-electron chi connectivity index (χ3n) is 6.79. The Kier molecular flexibility index (Phi) is 6.15. The molecular weight excluding hydrogens is 433 g/mol. The summed E-state index contributed by atoms with van der Waals surface area (Å²) in [5, 5.41) is 22.0. The highest BCUT2D eigenvalue weighted by molar-refractivity contribution is 6.16. The van der Waals surface area contributed by atoms with Gasteiger partial charge in [0.25, 0.3) is 0 Å². The van der Waals surface area contributed by atoms with Gasteiger partial charge in [-0.15, -0.1) is 0 Å². The predicted octanol–water partition coefficient (Wildman–Crippen LogP) is 4.70. The number of rotatable bonds is 5. The highest BCUT2D eigenvalue weighted by Gasteiger charge is 2.26. The minimum absolute atomic E-state index is 0.00491. The highest BCUT2D eigenvalue weighted by atomic mass is 19.1. The van der Waals surface area contributed by atoms with Gasteiger partial charge in [0, 0.05) is 24.8 Å². The third-order valence-corrected chi connectivity index (χ3v) is 6.79. The molecule has 0 bridgehead atoms. The maximum Gasteiger partial charge on any atom is 0.141 e.